The van der Waals surface area contributed by atoms with Gasteiger partial charge in [-0.3, -0.25) is 0 Å². The molecular weight excluding hydrogens is 278 g/mol. The lowest BCUT2D eigenvalue weighted by Crippen LogP contribution is -2.47. The van der Waals surface area contributed by atoms with Gasteiger partial charge in [0, 0.05) is 16.3 Å². The van der Waals surface area contributed by atoms with Crippen LogP contribution < -0.4 is 5.73 Å². The number of benzene rings is 1. The summed E-state index contributed by atoms with van der Waals surface area (Å²) in [5, 5.41) is 10.2. The maximum absolute atomic E-state index is 9.41. The first-order valence-corrected chi connectivity index (χ1v) is 8.39. The van der Waals surface area contributed by atoms with Gasteiger partial charge in [0.2, 0.25) is 0 Å². The Bertz CT molecular complexity index is 398. The molecule has 19 heavy (non-hydrogen) atoms. The topological polar surface area (TPSA) is 46.2 Å². The summed E-state index contributed by atoms with van der Waals surface area (Å²) in [5.74, 6) is 2.60. The molecule has 1 fully saturated rings. The number of hydrogen-bond donors (Lipinski definition) is 2. The van der Waals surface area contributed by atoms with Gasteiger partial charge in [-0.2, -0.15) is 11.8 Å². The van der Waals surface area contributed by atoms with Gasteiger partial charge in [0.15, 0.2) is 0 Å². The predicted molar refractivity (Wildman–Crippen MR) is 83.6 cm³/mol. The maximum Gasteiger partial charge on any atom is 0.0613 e. The van der Waals surface area contributed by atoms with Gasteiger partial charge in [-0.15, -0.1) is 0 Å². The summed E-state index contributed by atoms with van der Waals surface area (Å²) in [6, 6.07) is 8.02. The van der Waals surface area contributed by atoms with E-state index in [-0.39, 0.29) is 12.1 Å². The van der Waals surface area contributed by atoms with Crippen LogP contribution in [0, 0.1) is 5.92 Å². The van der Waals surface area contributed by atoms with Gasteiger partial charge in [0.1, 0.15) is 0 Å². The Balaban J connectivity index is 1.71. The third-order valence-electron chi connectivity index (χ3n) is 4.09. The monoisotopic (exact) mass is 299 g/mol. The predicted octanol–water partition coefficient (Wildman–Crippen LogP) is 3.45. The minimum absolute atomic E-state index is 0.125. The normalized spacial score (nSPS) is 26.8. The summed E-state index contributed by atoms with van der Waals surface area (Å²) in [5.41, 5.74) is 7.23. The second kappa shape index (κ2) is 6.98. The van der Waals surface area contributed by atoms with E-state index in [0.717, 1.165) is 35.8 Å². The van der Waals surface area contributed by atoms with Crippen molar-refractivity contribution in [3.63, 3.8) is 0 Å². The molecule has 2 rings (SSSR count). The summed E-state index contributed by atoms with van der Waals surface area (Å²) in [6.07, 6.45) is 4.40. The number of nitrogens with two attached hydrogens (primary N) is 1. The van der Waals surface area contributed by atoms with Gasteiger partial charge >= 0.3 is 0 Å². The largest absolute Gasteiger partial charge is 0.394 e. The summed E-state index contributed by atoms with van der Waals surface area (Å²) >= 11 is 7.79. The van der Waals surface area contributed by atoms with Gasteiger partial charge in [-0.25, -0.2) is 0 Å². The molecule has 2 nitrogen and oxygen atoms in total. The zero-order chi connectivity index (χ0) is 13.7. The highest BCUT2D eigenvalue weighted by Gasteiger charge is 2.38. The first kappa shape index (κ1) is 15.2. The number of thioether (sulfide) groups is 1. The molecule has 106 valence electrons. The third kappa shape index (κ3) is 4.12. The summed E-state index contributed by atoms with van der Waals surface area (Å²) in [7, 11) is 0. The Labute approximate surface area is 124 Å². The highest BCUT2D eigenvalue weighted by Crippen LogP contribution is 2.36. The zero-order valence-electron chi connectivity index (χ0n) is 11.1. The molecule has 0 aliphatic heterocycles. The number of halogens is 1. The molecule has 0 heterocycles. The van der Waals surface area contributed by atoms with Crippen LogP contribution in [0.2, 0.25) is 5.02 Å². The average molecular weight is 300 g/mol. The Morgan fingerprint density at radius 2 is 2.11 bits per heavy atom. The van der Waals surface area contributed by atoms with Crippen molar-refractivity contribution in [3.05, 3.63) is 34.9 Å². The van der Waals surface area contributed by atoms with E-state index in [2.05, 4.69) is 12.1 Å². The van der Waals surface area contributed by atoms with Gasteiger partial charge in [-0.05, 0) is 48.6 Å². The third-order valence-corrected chi connectivity index (χ3v) is 5.41. The molecule has 1 aromatic rings. The zero-order valence-corrected chi connectivity index (χ0v) is 12.7. The quantitative estimate of drug-likeness (QED) is 0.791. The van der Waals surface area contributed by atoms with Crippen molar-refractivity contribution < 1.29 is 5.11 Å². The highest BCUT2D eigenvalue weighted by atomic mass is 35.5. The van der Waals surface area contributed by atoms with Crippen LogP contribution in [0.3, 0.4) is 0 Å². The van der Waals surface area contributed by atoms with Crippen LogP contribution in [0.5, 0.6) is 0 Å². The fourth-order valence-electron chi connectivity index (χ4n) is 2.81. The summed E-state index contributed by atoms with van der Waals surface area (Å²) < 4.78 is 0. The molecule has 0 spiro atoms. The van der Waals surface area contributed by atoms with E-state index < -0.39 is 0 Å². The van der Waals surface area contributed by atoms with Crippen LogP contribution in [-0.4, -0.2) is 23.0 Å². The molecule has 3 N–H and O–H groups in total. The highest BCUT2D eigenvalue weighted by molar-refractivity contribution is 7.98. The van der Waals surface area contributed by atoms with E-state index in [1.165, 1.54) is 12.0 Å². The lowest BCUT2D eigenvalue weighted by atomic mass is 9.87. The fourth-order valence-corrected chi connectivity index (χ4v) is 3.96. The Morgan fingerprint density at radius 3 is 2.79 bits per heavy atom. The Hall–Kier alpha value is -0.220. The number of hydrogen-bond acceptors (Lipinski definition) is 3. The molecule has 4 heteroatoms. The molecule has 1 saturated carbocycles. The smallest absolute Gasteiger partial charge is 0.0613 e. The van der Waals surface area contributed by atoms with E-state index in [9.17, 15) is 5.11 Å². The summed E-state index contributed by atoms with van der Waals surface area (Å²) in [4.78, 5) is 0. The lowest BCUT2D eigenvalue weighted by Gasteiger charge is -2.29. The molecule has 0 radical (unpaired) electrons. The van der Waals surface area contributed by atoms with Crippen molar-refractivity contribution >= 4 is 23.4 Å². The standard InChI is InChI=1S/C15H22ClNOS/c16-14-5-3-12(4-6-14)10-19-9-7-13-2-1-8-15(13,17)11-18/h3-6,13,18H,1-2,7-11,17H2. The number of aliphatic hydroxyl groups is 1. The first-order chi connectivity index (χ1) is 9.14. The van der Waals surface area contributed by atoms with Crippen LogP contribution >= 0.6 is 23.4 Å². The van der Waals surface area contributed by atoms with Crippen molar-refractivity contribution in [2.75, 3.05) is 12.4 Å². The van der Waals surface area contributed by atoms with Crippen LogP contribution in [-0.2, 0) is 5.75 Å². The molecule has 1 aromatic carbocycles. The molecule has 1 aliphatic carbocycles. The molecule has 2 unspecified atom stereocenters. The van der Waals surface area contributed by atoms with Crippen molar-refractivity contribution in [2.45, 2.75) is 37.0 Å². The van der Waals surface area contributed by atoms with Crippen molar-refractivity contribution in [3.8, 4) is 0 Å². The molecule has 2 atom stereocenters. The van der Waals surface area contributed by atoms with E-state index in [0.29, 0.717) is 5.92 Å². The number of rotatable bonds is 6. The van der Waals surface area contributed by atoms with Gasteiger partial charge in [0.05, 0.1) is 6.61 Å². The van der Waals surface area contributed by atoms with Crippen LogP contribution in [0.25, 0.3) is 0 Å². The molecule has 0 saturated heterocycles. The minimum Gasteiger partial charge on any atom is -0.394 e. The van der Waals surface area contributed by atoms with E-state index >= 15 is 0 Å². The second-order valence-electron chi connectivity index (χ2n) is 5.45. The van der Waals surface area contributed by atoms with Gasteiger partial charge in [0.25, 0.3) is 0 Å². The molecular formula is C15H22ClNOS. The molecule has 0 aromatic heterocycles. The van der Waals surface area contributed by atoms with Gasteiger partial charge in [-0.1, -0.05) is 30.2 Å². The first-order valence-electron chi connectivity index (χ1n) is 6.86. The second-order valence-corrected chi connectivity index (χ2v) is 6.99. The summed E-state index contributed by atoms with van der Waals surface area (Å²) in [6.45, 7) is 0.125. The minimum atomic E-state index is -0.319. The maximum atomic E-state index is 9.41. The van der Waals surface area contributed by atoms with E-state index in [1.807, 2.05) is 23.9 Å². The SMILES string of the molecule is NC1(CO)CCCC1CCSCc1ccc(Cl)cc1. The molecule has 0 amide bonds. The van der Waals surface area contributed by atoms with Crippen molar-refractivity contribution in [1.29, 1.82) is 0 Å². The van der Waals surface area contributed by atoms with Crippen LogP contribution in [0.4, 0.5) is 0 Å². The van der Waals surface area contributed by atoms with Crippen LogP contribution in [0.1, 0.15) is 31.2 Å². The average Bonchev–Trinajstić information content (AvgIpc) is 2.79. The number of aliphatic hydroxyl groups excluding tert-OH is 1. The molecule has 0 bridgehead atoms. The fraction of sp³-hybridized carbons (Fsp3) is 0.600. The lowest BCUT2D eigenvalue weighted by molar-refractivity contribution is 0.158. The Morgan fingerprint density at radius 1 is 1.37 bits per heavy atom. The van der Waals surface area contributed by atoms with Crippen LogP contribution in [0.15, 0.2) is 24.3 Å². The molecule has 1 aliphatic rings. The van der Waals surface area contributed by atoms with E-state index in [4.69, 9.17) is 17.3 Å². The van der Waals surface area contributed by atoms with E-state index in [1.54, 1.807) is 0 Å². The Kier molecular flexibility index (Phi) is 5.58. The van der Waals surface area contributed by atoms with Crippen molar-refractivity contribution in [2.24, 2.45) is 11.7 Å². The van der Waals surface area contributed by atoms with Crippen molar-refractivity contribution in [1.82, 2.24) is 0 Å². The van der Waals surface area contributed by atoms with Gasteiger partial charge < -0.3 is 10.8 Å².